The summed E-state index contributed by atoms with van der Waals surface area (Å²) < 4.78 is 24.8. The van der Waals surface area contributed by atoms with E-state index in [9.17, 15) is 8.78 Å². The van der Waals surface area contributed by atoms with E-state index >= 15 is 0 Å². The quantitative estimate of drug-likeness (QED) is 0.518. The molecule has 1 unspecified atom stereocenters. The third-order valence-corrected chi connectivity index (χ3v) is 1.54. The summed E-state index contributed by atoms with van der Waals surface area (Å²) in [6.07, 6.45) is -1.68. The molecule has 0 aromatic carbocycles. The monoisotopic (exact) mass is 153 g/mol. The van der Waals surface area contributed by atoms with Gasteiger partial charge < -0.3 is 10.3 Å². The topological polar surface area (TPSA) is 43.7 Å². The van der Waals surface area contributed by atoms with E-state index in [-0.39, 0.29) is 13.0 Å². The number of hydrogen-bond donors (Lipinski definition) is 2. The number of piperidine rings is 1. The van der Waals surface area contributed by atoms with Crippen LogP contribution in [0.15, 0.2) is 0 Å². The van der Waals surface area contributed by atoms with E-state index in [2.05, 4.69) is 0 Å². The molecule has 0 amide bonds. The molecule has 1 fully saturated rings. The van der Waals surface area contributed by atoms with Crippen molar-refractivity contribution in [3.63, 3.8) is 0 Å². The molecule has 0 bridgehead atoms. The van der Waals surface area contributed by atoms with E-state index < -0.39 is 18.6 Å². The van der Waals surface area contributed by atoms with E-state index in [4.69, 9.17) is 10.3 Å². The first-order valence-electron chi connectivity index (χ1n) is 3.02. The fraction of sp³-hybridized carbons (Fsp3) is 1.00. The predicted octanol–water partition coefficient (Wildman–Crippen LogP) is 0.0775. The van der Waals surface area contributed by atoms with Gasteiger partial charge in [0.05, 0.1) is 6.54 Å². The third kappa shape index (κ3) is 1.42. The number of hydroxylamine groups is 2. The summed E-state index contributed by atoms with van der Waals surface area (Å²) in [5.74, 6) is -3.16. The van der Waals surface area contributed by atoms with Crippen molar-refractivity contribution in [2.45, 2.75) is 18.4 Å². The van der Waals surface area contributed by atoms with Gasteiger partial charge in [-0.1, -0.05) is 0 Å². The second kappa shape index (κ2) is 2.41. The van der Waals surface area contributed by atoms with Crippen LogP contribution in [0.2, 0.25) is 0 Å². The highest BCUT2D eigenvalue weighted by atomic mass is 19.3. The summed E-state index contributed by atoms with van der Waals surface area (Å²) in [6, 6.07) is 0. The second-order valence-electron chi connectivity index (χ2n) is 2.45. The van der Waals surface area contributed by atoms with Gasteiger partial charge in [0, 0.05) is 6.54 Å². The zero-order valence-corrected chi connectivity index (χ0v) is 5.30. The lowest BCUT2D eigenvalue weighted by Crippen LogP contribution is -2.50. The van der Waals surface area contributed by atoms with Gasteiger partial charge >= 0.3 is 0 Å². The summed E-state index contributed by atoms with van der Waals surface area (Å²) in [5, 5.41) is 17.8. The summed E-state index contributed by atoms with van der Waals surface area (Å²) in [7, 11) is 0. The maximum atomic E-state index is 12.4. The van der Waals surface area contributed by atoms with Crippen LogP contribution in [-0.2, 0) is 0 Å². The molecule has 0 saturated carbocycles. The van der Waals surface area contributed by atoms with Crippen LogP contribution in [-0.4, -0.2) is 40.5 Å². The second-order valence-corrected chi connectivity index (χ2v) is 2.45. The normalized spacial score (nSPS) is 34.2. The number of aliphatic hydroxyl groups is 1. The third-order valence-electron chi connectivity index (χ3n) is 1.54. The van der Waals surface area contributed by atoms with Gasteiger partial charge in [-0.15, -0.1) is 0 Å². The van der Waals surface area contributed by atoms with Crippen LogP contribution in [0.1, 0.15) is 6.42 Å². The standard InChI is InChI=1S/C5H9F2NO2/c6-5(7)3-8(10)2-1-4(5)9/h4,9-10H,1-3H2. The number of rotatable bonds is 0. The Morgan fingerprint density at radius 2 is 2.10 bits per heavy atom. The highest BCUT2D eigenvalue weighted by molar-refractivity contribution is 4.83. The van der Waals surface area contributed by atoms with Crippen LogP contribution in [0.5, 0.6) is 0 Å². The maximum absolute atomic E-state index is 12.4. The zero-order valence-electron chi connectivity index (χ0n) is 5.30. The van der Waals surface area contributed by atoms with Gasteiger partial charge in [0.1, 0.15) is 6.10 Å². The molecule has 1 atom stereocenters. The van der Waals surface area contributed by atoms with Crippen LogP contribution >= 0.6 is 0 Å². The number of nitrogens with zero attached hydrogens (tertiary/aromatic N) is 1. The van der Waals surface area contributed by atoms with Gasteiger partial charge in [-0.25, -0.2) is 8.78 Å². The Hall–Kier alpha value is -0.260. The van der Waals surface area contributed by atoms with Gasteiger partial charge in [-0.05, 0) is 6.42 Å². The molecule has 0 radical (unpaired) electrons. The largest absolute Gasteiger partial charge is 0.387 e. The van der Waals surface area contributed by atoms with E-state index in [0.29, 0.717) is 5.06 Å². The van der Waals surface area contributed by atoms with Crippen molar-refractivity contribution in [3.8, 4) is 0 Å². The van der Waals surface area contributed by atoms with Crippen molar-refractivity contribution in [3.05, 3.63) is 0 Å². The fourth-order valence-corrected chi connectivity index (χ4v) is 0.910. The minimum Gasteiger partial charge on any atom is -0.387 e. The maximum Gasteiger partial charge on any atom is 0.288 e. The van der Waals surface area contributed by atoms with Crippen molar-refractivity contribution in [2.24, 2.45) is 0 Å². The molecule has 1 rings (SSSR count). The number of aliphatic hydroxyl groups excluding tert-OH is 1. The summed E-state index contributed by atoms with van der Waals surface area (Å²) >= 11 is 0. The summed E-state index contributed by atoms with van der Waals surface area (Å²) in [4.78, 5) is 0. The van der Waals surface area contributed by atoms with Crippen molar-refractivity contribution in [1.29, 1.82) is 0 Å². The number of alkyl halides is 2. The molecule has 1 aliphatic rings. The molecule has 0 spiro atoms. The fourth-order valence-electron chi connectivity index (χ4n) is 0.910. The van der Waals surface area contributed by atoms with Crippen molar-refractivity contribution >= 4 is 0 Å². The van der Waals surface area contributed by atoms with Crippen LogP contribution < -0.4 is 0 Å². The molecule has 0 aromatic heterocycles. The van der Waals surface area contributed by atoms with Crippen LogP contribution in [0, 0.1) is 0 Å². The smallest absolute Gasteiger partial charge is 0.288 e. The van der Waals surface area contributed by atoms with Crippen LogP contribution in [0.4, 0.5) is 8.78 Å². The Bertz CT molecular complexity index is 131. The average molecular weight is 153 g/mol. The van der Waals surface area contributed by atoms with Gasteiger partial charge in [0.15, 0.2) is 0 Å². The number of halogens is 2. The van der Waals surface area contributed by atoms with Gasteiger partial charge in [-0.3, -0.25) is 0 Å². The highest BCUT2D eigenvalue weighted by Gasteiger charge is 2.43. The van der Waals surface area contributed by atoms with E-state index in [0.717, 1.165) is 0 Å². The average Bonchev–Trinajstić information content (AvgIpc) is 1.78. The first kappa shape index (κ1) is 7.84. The predicted molar refractivity (Wildman–Crippen MR) is 28.9 cm³/mol. The summed E-state index contributed by atoms with van der Waals surface area (Å²) in [6.45, 7) is -0.662. The zero-order chi connectivity index (χ0) is 7.78. The molecule has 60 valence electrons. The minimum atomic E-state index is -3.16. The Morgan fingerprint density at radius 1 is 1.50 bits per heavy atom. The lowest BCUT2D eigenvalue weighted by atomic mass is 10.1. The van der Waals surface area contributed by atoms with Crippen molar-refractivity contribution in [2.75, 3.05) is 13.1 Å². The molecule has 3 nitrogen and oxygen atoms in total. The van der Waals surface area contributed by atoms with Crippen LogP contribution in [0.3, 0.4) is 0 Å². The first-order chi connectivity index (χ1) is 4.52. The molecule has 0 aromatic rings. The van der Waals surface area contributed by atoms with E-state index in [1.165, 1.54) is 0 Å². The molecule has 1 heterocycles. The van der Waals surface area contributed by atoms with Crippen LogP contribution in [0.25, 0.3) is 0 Å². The first-order valence-corrected chi connectivity index (χ1v) is 3.02. The Morgan fingerprint density at radius 3 is 2.50 bits per heavy atom. The SMILES string of the molecule is OC1CCN(O)CC1(F)F. The molecule has 0 aliphatic carbocycles. The molecule has 5 heteroatoms. The van der Waals surface area contributed by atoms with Gasteiger partial charge in [-0.2, -0.15) is 5.06 Å². The minimum absolute atomic E-state index is 0.0799. The lowest BCUT2D eigenvalue weighted by molar-refractivity contribution is -0.222. The Kier molecular flexibility index (Phi) is 1.89. The highest BCUT2D eigenvalue weighted by Crippen LogP contribution is 2.25. The summed E-state index contributed by atoms with van der Waals surface area (Å²) in [5.41, 5.74) is 0. The Balaban J connectivity index is 2.55. The molecule has 1 saturated heterocycles. The molecule has 10 heavy (non-hydrogen) atoms. The molecule has 1 aliphatic heterocycles. The molecular formula is C5H9F2NO2. The van der Waals surface area contributed by atoms with E-state index in [1.54, 1.807) is 0 Å². The van der Waals surface area contributed by atoms with Gasteiger partial charge in [0.25, 0.3) is 5.92 Å². The van der Waals surface area contributed by atoms with Crippen molar-refractivity contribution < 1.29 is 19.1 Å². The molecular weight excluding hydrogens is 144 g/mol. The Labute approximate surface area is 56.8 Å². The molecule has 2 N–H and O–H groups in total. The van der Waals surface area contributed by atoms with E-state index in [1.807, 2.05) is 0 Å². The number of hydrogen-bond acceptors (Lipinski definition) is 3. The van der Waals surface area contributed by atoms with Gasteiger partial charge in [0.2, 0.25) is 0 Å². The lowest BCUT2D eigenvalue weighted by Gasteiger charge is -2.31. The van der Waals surface area contributed by atoms with Crippen molar-refractivity contribution in [1.82, 2.24) is 5.06 Å².